The number of rotatable bonds is 1. The summed E-state index contributed by atoms with van der Waals surface area (Å²) in [5.41, 5.74) is 0.946. The minimum absolute atomic E-state index is 0.152. The summed E-state index contributed by atoms with van der Waals surface area (Å²) in [7, 11) is 1.89. The Morgan fingerprint density at radius 2 is 2.33 bits per heavy atom. The van der Waals surface area contributed by atoms with Crippen molar-refractivity contribution in [1.82, 2.24) is 5.32 Å². The maximum absolute atomic E-state index is 13.2. The van der Waals surface area contributed by atoms with Crippen molar-refractivity contribution in [3.05, 3.63) is 28.5 Å². The van der Waals surface area contributed by atoms with E-state index < -0.39 is 5.82 Å². The highest BCUT2D eigenvalue weighted by molar-refractivity contribution is 6.30. The third-order valence-corrected chi connectivity index (χ3v) is 2.96. The van der Waals surface area contributed by atoms with Crippen LogP contribution in [0.25, 0.3) is 0 Å². The summed E-state index contributed by atoms with van der Waals surface area (Å²) in [6.45, 7) is 0.631. The van der Waals surface area contributed by atoms with Crippen LogP contribution in [0.15, 0.2) is 12.1 Å². The van der Waals surface area contributed by atoms with Gasteiger partial charge in [-0.3, -0.25) is 0 Å². The van der Waals surface area contributed by atoms with Crippen molar-refractivity contribution in [1.29, 1.82) is 0 Å². The van der Waals surface area contributed by atoms with E-state index in [1.165, 1.54) is 6.07 Å². The van der Waals surface area contributed by atoms with Gasteiger partial charge in [0.05, 0.1) is 11.6 Å². The second-order valence-electron chi connectivity index (χ2n) is 3.64. The van der Waals surface area contributed by atoms with E-state index in [0.29, 0.717) is 12.4 Å². The first-order valence-electron chi connectivity index (χ1n) is 5.01. The molecule has 0 aromatic heterocycles. The number of hydrogen-bond donors (Lipinski definition) is 1. The van der Waals surface area contributed by atoms with Gasteiger partial charge >= 0.3 is 0 Å². The second-order valence-corrected chi connectivity index (χ2v) is 4.04. The van der Waals surface area contributed by atoms with E-state index in [1.807, 2.05) is 7.05 Å². The summed E-state index contributed by atoms with van der Waals surface area (Å²) in [5.74, 6) is 0.181. The van der Waals surface area contributed by atoms with Crippen molar-refractivity contribution in [3.8, 4) is 5.75 Å². The van der Waals surface area contributed by atoms with Gasteiger partial charge in [0, 0.05) is 17.7 Å². The molecule has 0 radical (unpaired) electrons. The molecule has 1 atom stereocenters. The lowest BCUT2D eigenvalue weighted by atomic mass is 10.0. The lowest BCUT2D eigenvalue weighted by Gasteiger charge is -2.16. The highest BCUT2D eigenvalue weighted by Gasteiger charge is 2.20. The van der Waals surface area contributed by atoms with Crippen molar-refractivity contribution < 1.29 is 9.13 Å². The van der Waals surface area contributed by atoms with Crippen molar-refractivity contribution >= 4 is 11.6 Å². The predicted octanol–water partition coefficient (Wildman–Crippen LogP) is 2.91. The molecule has 0 saturated carbocycles. The fourth-order valence-corrected chi connectivity index (χ4v) is 2.04. The molecule has 0 amide bonds. The van der Waals surface area contributed by atoms with E-state index in [-0.39, 0.29) is 11.1 Å². The van der Waals surface area contributed by atoms with E-state index in [9.17, 15) is 4.39 Å². The summed E-state index contributed by atoms with van der Waals surface area (Å²) in [4.78, 5) is 0. The molecular formula is C11H13ClFNO. The van der Waals surface area contributed by atoms with Crippen LogP contribution in [0.2, 0.25) is 5.02 Å². The highest BCUT2D eigenvalue weighted by atomic mass is 35.5. The van der Waals surface area contributed by atoms with Gasteiger partial charge in [0.2, 0.25) is 0 Å². The Hall–Kier alpha value is -0.800. The zero-order valence-corrected chi connectivity index (χ0v) is 9.27. The third-order valence-electron chi connectivity index (χ3n) is 2.67. The first kappa shape index (κ1) is 10.7. The zero-order valence-electron chi connectivity index (χ0n) is 8.52. The molecule has 0 aliphatic carbocycles. The Morgan fingerprint density at radius 1 is 1.53 bits per heavy atom. The van der Waals surface area contributed by atoms with Crippen LogP contribution in [0.5, 0.6) is 5.75 Å². The molecule has 82 valence electrons. The third kappa shape index (κ3) is 2.08. The predicted molar refractivity (Wildman–Crippen MR) is 57.9 cm³/mol. The topological polar surface area (TPSA) is 21.3 Å². The van der Waals surface area contributed by atoms with Gasteiger partial charge in [0.25, 0.3) is 0 Å². The highest BCUT2D eigenvalue weighted by Crippen LogP contribution is 2.34. The van der Waals surface area contributed by atoms with E-state index in [4.69, 9.17) is 16.3 Å². The first-order valence-corrected chi connectivity index (χ1v) is 5.39. The van der Waals surface area contributed by atoms with Gasteiger partial charge in [-0.05, 0) is 26.0 Å². The monoisotopic (exact) mass is 229 g/mol. The quantitative estimate of drug-likeness (QED) is 0.800. The van der Waals surface area contributed by atoms with Crippen LogP contribution in [0.1, 0.15) is 24.4 Å². The maximum atomic E-state index is 13.2. The summed E-state index contributed by atoms with van der Waals surface area (Å²) in [6.07, 6.45) is 1.94. The molecule has 4 heteroatoms. The lowest BCUT2D eigenvalue weighted by molar-refractivity contribution is 0.314. The summed E-state index contributed by atoms with van der Waals surface area (Å²) < 4.78 is 18.7. The standard InChI is InChI=1S/C11H13ClFNO/c1-14-10-3-2-4-15-11-6-9(13)8(12)5-7(10)11/h5-6,10,14H,2-4H2,1H3. The van der Waals surface area contributed by atoms with Gasteiger partial charge in [-0.2, -0.15) is 0 Å². The molecule has 1 aromatic carbocycles. The molecule has 2 nitrogen and oxygen atoms in total. The minimum Gasteiger partial charge on any atom is -0.493 e. The molecule has 1 unspecified atom stereocenters. The van der Waals surface area contributed by atoms with Gasteiger partial charge < -0.3 is 10.1 Å². The maximum Gasteiger partial charge on any atom is 0.145 e. The van der Waals surface area contributed by atoms with E-state index in [1.54, 1.807) is 6.07 Å². The molecule has 0 spiro atoms. The lowest BCUT2D eigenvalue weighted by Crippen LogP contribution is -2.15. The van der Waals surface area contributed by atoms with Crippen molar-refractivity contribution in [2.45, 2.75) is 18.9 Å². The molecule has 1 N–H and O–H groups in total. The Morgan fingerprint density at radius 3 is 3.07 bits per heavy atom. The first-order chi connectivity index (χ1) is 7.22. The smallest absolute Gasteiger partial charge is 0.145 e. The van der Waals surface area contributed by atoms with Gasteiger partial charge in [0.15, 0.2) is 0 Å². The van der Waals surface area contributed by atoms with Crippen LogP contribution in [-0.2, 0) is 0 Å². The SMILES string of the molecule is CNC1CCCOc2cc(F)c(Cl)cc21. The van der Waals surface area contributed by atoms with Crippen LogP contribution in [0, 0.1) is 5.82 Å². The molecule has 0 fully saturated rings. The molecular weight excluding hydrogens is 217 g/mol. The zero-order chi connectivity index (χ0) is 10.8. The molecule has 1 aliphatic rings. The summed E-state index contributed by atoms with van der Waals surface area (Å²) in [5, 5.41) is 3.34. The van der Waals surface area contributed by atoms with Gasteiger partial charge in [-0.15, -0.1) is 0 Å². The second kappa shape index (κ2) is 4.37. The Balaban J connectivity index is 2.46. The van der Waals surface area contributed by atoms with Crippen molar-refractivity contribution in [3.63, 3.8) is 0 Å². The number of benzene rings is 1. The number of ether oxygens (including phenoxy) is 1. The Labute approximate surface area is 93.4 Å². The van der Waals surface area contributed by atoms with Crippen LogP contribution < -0.4 is 10.1 Å². The molecule has 15 heavy (non-hydrogen) atoms. The summed E-state index contributed by atoms with van der Waals surface area (Å²) in [6, 6.07) is 3.21. The summed E-state index contributed by atoms with van der Waals surface area (Å²) >= 11 is 5.76. The number of halogens is 2. The molecule has 1 aliphatic heterocycles. The van der Waals surface area contributed by atoms with Crippen LogP contribution >= 0.6 is 11.6 Å². The molecule has 1 heterocycles. The van der Waals surface area contributed by atoms with Crippen LogP contribution in [0.3, 0.4) is 0 Å². The fourth-order valence-electron chi connectivity index (χ4n) is 1.87. The molecule has 0 bridgehead atoms. The Bertz CT molecular complexity index is 370. The van der Waals surface area contributed by atoms with Gasteiger partial charge in [-0.1, -0.05) is 11.6 Å². The molecule has 1 aromatic rings. The average Bonchev–Trinajstić information content (AvgIpc) is 2.41. The van der Waals surface area contributed by atoms with Gasteiger partial charge in [0.1, 0.15) is 11.6 Å². The normalized spacial score (nSPS) is 20.3. The molecule has 0 saturated heterocycles. The number of hydrogen-bond acceptors (Lipinski definition) is 2. The van der Waals surface area contributed by atoms with Crippen LogP contribution in [0.4, 0.5) is 4.39 Å². The van der Waals surface area contributed by atoms with E-state index in [0.717, 1.165) is 18.4 Å². The average molecular weight is 230 g/mol. The fraction of sp³-hybridized carbons (Fsp3) is 0.455. The van der Waals surface area contributed by atoms with Crippen LogP contribution in [-0.4, -0.2) is 13.7 Å². The van der Waals surface area contributed by atoms with E-state index in [2.05, 4.69) is 5.32 Å². The molecule has 2 rings (SSSR count). The minimum atomic E-state index is -0.424. The van der Waals surface area contributed by atoms with Crippen molar-refractivity contribution in [2.24, 2.45) is 0 Å². The number of nitrogens with one attached hydrogen (secondary N) is 1. The van der Waals surface area contributed by atoms with E-state index >= 15 is 0 Å². The van der Waals surface area contributed by atoms with Gasteiger partial charge in [-0.25, -0.2) is 4.39 Å². The Kier molecular flexibility index (Phi) is 3.12. The largest absolute Gasteiger partial charge is 0.493 e. The number of fused-ring (bicyclic) bond motifs is 1. The van der Waals surface area contributed by atoms with Crippen molar-refractivity contribution in [2.75, 3.05) is 13.7 Å².